The van der Waals surface area contributed by atoms with Crippen molar-refractivity contribution in [1.82, 2.24) is 14.5 Å². The highest BCUT2D eigenvalue weighted by Crippen LogP contribution is 2.17. The van der Waals surface area contributed by atoms with E-state index < -0.39 is 0 Å². The SMILES string of the molecule is Cc1nc2cc(CCN(C)C(C)C)ccc2n1C. The summed E-state index contributed by atoms with van der Waals surface area (Å²) in [7, 11) is 4.24. The summed E-state index contributed by atoms with van der Waals surface area (Å²) in [4.78, 5) is 6.95. The van der Waals surface area contributed by atoms with Crippen LogP contribution < -0.4 is 0 Å². The van der Waals surface area contributed by atoms with Gasteiger partial charge in [0, 0.05) is 19.6 Å². The number of hydrogen-bond acceptors (Lipinski definition) is 2. The Hall–Kier alpha value is -1.35. The van der Waals surface area contributed by atoms with Crippen LogP contribution in [0.4, 0.5) is 0 Å². The molecule has 0 aliphatic carbocycles. The predicted molar refractivity (Wildman–Crippen MR) is 76.9 cm³/mol. The fourth-order valence-corrected chi connectivity index (χ4v) is 2.08. The lowest BCUT2D eigenvalue weighted by atomic mass is 10.1. The van der Waals surface area contributed by atoms with Gasteiger partial charge in [-0.1, -0.05) is 6.07 Å². The molecule has 0 spiro atoms. The lowest BCUT2D eigenvalue weighted by Gasteiger charge is -2.20. The number of benzene rings is 1. The summed E-state index contributed by atoms with van der Waals surface area (Å²) in [5.74, 6) is 1.07. The van der Waals surface area contributed by atoms with Gasteiger partial charge in [0.15, 0.2) is 0 Å². The van der Waals surface area contributed by atoms with Gasteiger partial charge < -0.3 is 9.47 Å². The maximum absolute atomic E-state index is 4.58. The van der Waals surface area contributed by atoms with Gasteiger partial charge in [0.05, 0.1) is 11.0 Å². The van der Waals surface area contributed by atoms with E-state index in [1.165, 1.54) is 11.1 Å². The molecule has 0 bridgehead atoms. The van der Waals surface area contributed by atoms with Crippen molar-refractivity contribution in [2.24, 2.45) is 7.05 Å². The molecule has 0 N–H and O–H groups in total. The van der Waals surface area contributed by atoms with Crippen LogP contribution in [0.3, 0.4) is 0 Å². The van der Waals surface area contributed by atoms with E-state index in [4.69, 9.17) is 0 Å². The van der Waals surface area contributed by atoms with Crippen molar-refractivity contribution >= 4 is 11.0 Å². The number of likely N-dealkylation sites (N-methyl/N-ethyl adjacent to an activating group) is 1. The molecule has 0 saturated heterocycles. The second-order valence-electron chi connectivity index (χ2n) is 5.37. The molecular weight excluding hydrogens is 222 g/mol. The largest absolute Gasteiger partial charge is 0.331 e. The Labute approximate surface area is 109 Å². The third-order valence-corrected chi connectivity index (χ3v) is 3.80. The van der Waals surface area contributed by atoms with Gasteiger partial charge in [0.1, 0.15) is 5.82 Å². The number of imidazole rings is 1. The summed E-state index contributed by atoms with van der Waals surface area (Å²) in [5.41, 5.74) is 3.70. The zero-order chi connectivity index (χ0) is 13.3. The number of aryl methyl sites for hydroxylation is 2. The lowest BCUT2D eigenvalue weighted by molar-refractivity contribution is 0.277. The second-order valence-corrected chi connectivity index (χ2v) is 5.37. The first-order chi connectivity index (χ1) is 8.49. The summed E-state index contributed by atoms with van der Waals surface area (Å²) in [6.45, 7) is 7.60. The Morgan fingerprint density at radius 2 is 2.06 bits per heavy atom. The summed E-state index contributed by atoms with van der Waals surface area (Å²) in [6, 6.07) is 7.22. The second kappa shape index (κ2) is 5.11. The van der Waals surface area contributed by atoms with E-state index in [9.17, 15) is 0 Å². The quantitative estimate of drug-likeness (QED) is 0.826. The smallest absolute Gasteiger partial charge is 0.106 e. The van der Waals surface area contributed by atoms with Gasteiger partial charge in [-0.15, -0.1) is 0 Å². The summed E-state index contributed by atoms with van der Waals surface area (Å²) < 4.78 is 2.14. The van der Waals surface area contributed by atoms with Crippen LogP contribution in [0, 0.1) is 6.92 Å². The Morgan fingerprint density at radius 3 is 2.72 bits per heavy atom. The third-order valence-electron chi connectivity index (χ3n) is 3.80. The van der Waals surface area contributed by atoms with Crippen molar-refractivity contribution < 1.29 is 0 Å². The van der Waals surface area contributed by atoms with Crippen molar-refractivity contribution in [1.29, 1.82) is 0 Å². The highest BCUT2D eigenvalue weighted by molar-refractivity contribution is 5.76. The maximum Gasteiger partial charge on any atom is 0.106 e. The molecule has 98 valence electrons. The Morgan fingerprint density at radius 1 is 1.33 bits per heavy atom. The minimum Gasteiger partial charge on any atom is -0.331 e. The first kappa shape index (κ1) is 13.1. The van der Waals surface area contributed by atoms with E-state index in [0.717, 1.165) is 24.3 Å². The number of fused-ring (bicyclic) bond motifs is 1. The molecule has 1 aromatic carbocycles. The third kappa shape index (κ3) is 2.56. The number of hydrogen-bond donors (Lipinski definition) is 0. The van der Waals surface area contributed by atoms with Crippen LogP contribution in [-0.4, -0.2) is 34.1 Å². The molecule has 1 aromatic heterocycles. The van der Waals surface area contributed by atoms with Crippen LogP contribution >= 0.6 is 0 Å². The number of rotatable bonds is 4. The number of nitrogens with zero attached hydrogens (tertiary/aromatic N) is 3. The zero-order valence-corrected chi connectivity index (χ0v) is 12.1. The molecule has 0 saturated carbocycles. The molecule has 18 heavy (non-hydrogen) atoms. The first-order valence-corrected chi connectivity index (χ1v) is 6.61. The van der Waals surface area contributed by atoms with Gasteiger partial charge in [0.25, 0.3) is 0 Å². The van der Waals surface area contributed by atoms with Crippen LogP contribution in [-0.2, 0) is 13.5 Å². The Kier molecular flexibility index (Phi) is 3.71. The Balaban J connectivity index is 2.15. The van der Waals surface area contributed by atoms with Crippen molar-refractivity contribution in [3.05, 3.63) is 29.6 Å². The average Bonchev–Trinajstić information content (AvgIpc) is 2.61. The predicted octanol–water partition coefficient (Wildman–Crippen LogP) is 2.76. The molecule has 0 aliphatic rings. The van der Waals surface area contributed by atoms with Crippen molar-refractivity contribution in [3.63, 3.8) is 0 Å². The molecule has 1 heterocycles. The topological polar surface area (TPSA) is 21.1 Å². The van der Waals surface area contributed by atoms with Gasteiger partial charge in [0.2, 0.25) is 0 Å². The van der Waals surface area contributed by atoms with Crippen LogP contribution in [0.25, 0.3) is 11.0 Å². The highest BCUT2D eigenvalue weighted by atomic mass is 15.1. The van der Waals surface area contributed by atoms with Crippen LogP contribution in [0.2, 0.25) is 0 Å². The molecule has 0 unspecified atom stereocenters. The summed E-state index contributed by atoms with van der Waals surface area (Å²) in [5, 5.41) is 0. The first-order valence-electron chi connectivity index (χ1n) is 6.61. The van der Waals surface area contributed by atoms with Crippen molar-refractivity contribution in [3.8, 4) is 0 Å². The molecule has 0 radical (unpaired) electrons. The van der Waals surface area contributed by atoms with E-state index >= 15 is 0 Å². The molecule has 0 fully saturated rings. The molecule has 0 amide bonds. The molecule has 3 nitrogen and oxygen atoms in total. The summed E-state index contributed by atoms with van der Waals surface area (Å²) in [6.07, 6.45) is 1.08. The minimum absolute atomic E-state index is 0.603. The van der Waals surface area contributed by atoms with Gasteiger partial charge in [-0.25, -0.2) is 4.98 Å². The minimum atomic E-state index is 0.603. The van der Waals surface area contributed by atoms with E-state index in [2.05, 4.69) is 60.6 Å². The summed E-state index contributed by atoms with van der Waals surface area (Å²) >= 11 is 0. The molecule has 2 rings (SSSR count). The molecular formula is C15H23N3. The van der Waals surface area contributed by atoms with Crippen LogP contribution in [0.15, 0.2) is 18.2 Å². The van der Waals surface area contributed by atoms with Crippen LogP contribution in [0.5, 0.6) is 0 Å². The monoisotopic (exact) mass is 245 g/mol. The van der Waals surface area contributed by atoms with Gasteiger partial charge in [-0.2, -0.15) is 0 Å². The normalized spacial score (nSPS) is 11.9. The van der Waals surface area contributed by atoms with Crippen molar-refractivity contribution in [2.45, 2.75) is 33.2 Å². The fraction of sp³-hybridized carbons (Fsp3) is 0.533. The van der Waals surface area contributed by atoms with Gasteiger partial charge >= 0.3 is 0 Å². The average molecular weight is 245 g/mol. The Bertz CT molecular complexity index is 540. The molecule has 2 aromatic rings. The molecule has 3 heteroatoms. The van der Waals surface area contributed by atoms with E-state index in [1.807, 2.05) is 6.92 Å². The van der Waals surface area contributed by atoms with Crippen molar-refractivity contribution in [2.75, 3.05) is 13.6 Å². The van der Waals surface area contributed by atoms with Crippen LogP contribution in [0.1, 0.15) is 25.2 Å². The van der Waals surface area contributed by atoms with E-state index in [-0.39, 0.29) is 0 Å². The lowest BCUT2D eigenvalue weighted by Crippen LogP contribution is -2.28. The maximum atomic E-state index is 4.58. The van der Waals surface area contributed by atoms with E-state index in [0.29, 0.717) is 6.04 Å². The molecule has 0 aliphatic heterocycles. The highest BCUT2D eigenvalue weighted by Gasteiger charge is 2.06. The van der Waals surface area contributed by atoms with Gasteiger partial charge in [-0.3, -0.25) is 0 Å². The molecule has 0 atom stereocenters. The van der Waals surface area contributed by atoms with Gasteiger partial charge in [-0.05, 0) is 51.9 Å². The standard InChI is InChI=1S/C15H23N3/c1-11(2)17(4)9-8-13-6-7-15-14(10-13)16-12(3)18(15)5/h6-7,10-11H,8-9H2,1-5H3. The van der Waals surface area contributed by atoms with E-state index in [1.54, 1.807) is 0 Å². The fourth-order valence-electron chi connectivity index (χ4n) is 2.08. The number of aromatic nitrogens is 2. The zero-order valence-electron chi connectivity index (χ0n) is 12.1.